The largest absolute Gasteiger partial charge is 0.457 e. The Hall–Kier alpha value is -1.43. The highest BCUT2D eigenvalue weighted by molar-refractivity contribution is 6.11. The minimum absolute atomic E-state index is 0.394. The number of aliphatic hydroxyl groups is 1. The summed E-state index contributed by atoms with van der Waals surface area (Å²) in [6, 6.07) is -0.454. The van der Waals surface area contributed by atoms with Gasteiger partial charge in [-0.15, -0.1) is 0 Å². The summed E-state index contributed by atoms with van der Waals surface area (Å²) in [5, 5.41) is 12.1. The van der Waals surface area contributed by atoms with Crippen molar-refractivity contribution in [2.75, 3.05) is 0 Å². The van der Waals surface area contributed by atoms with Gasteiger partial charge in [-0.1, -0.05) is 0 Å². The molecular formula is C8H9NO5. The molecule has 0 radical (unpaired) electrons. The van der Waals surface area contributed by atoms with E-state index in [1.54, 1.807) is 6.92 Å². The number of rotatable bonds is 1. The molecule has 14 heavy (non-hydrogen) atoms. The minimum Gasteiger partial charge on any atom is -0.457 e. The number of nitrogens with one attached hydrogen (secondary N) is 1. The summed E-state index contributed by atoms with van der Waals surface area (Å²) < 4.78 is 4.77. The van der Waals surface area contributed by atoms with Crippen LogP contribution in [-0.2, 0) is 19.1 Å². The predicted octanol–water partition coefficient (Wildman–Crippen LogP) is -2.02. The molecule has 2 N–H and O–H groups in total. The Labute approximate surface area is 79.2 Å². The zero-order chi connectivity index (χ0) is 10.5. The number of hydrogen-bond donors (Lipinski definition) is 2. The van der Waals surface area contributed by atoms with Crippen molar-refractivity contribution in [3.05, 3.63) is 0 Å². The average molecular weight is 199 g/mol. The molecular weight excluding hydrogens is 190 g/mol. The lowest BCUT2D eigenvalue weighted by Gasteiger charge is -2.31. The molecule has 0 spiro atoms. The Kier molecular flexibility index (Phi) is 1.66. The normalized spacial score (nSPS) is 45.7. The number of aldehydes is 1. The standard InChI is InChI=1S/C8H9NO5/c1-3-5-4(2-10)8(13,6(11)9-3)7(12)14-5/h2-5,13H,1H3,(H,9,11)/t3-,4?,5+,8?/m1/s1. The van der Waals surface area contributed by atoms with E-state index in [2.05, 4.69) is 5.32 Å². The molecule has 0 aromatic heterocycles. The molecule has 2 heterocycles. The first-order valence-corrected chi connectivity index (χ1v) is 4.21. The highest BCUT2D eigenvalue weighted by Crippen LogP contribution is 2.36. The van der Waals surface area contributed by atoms with Crippen molar-refractivity contribution in [2.45, 2.75) is 24.7 Å². The van der Waals surface area contributed by atoms with Gasteiger partial charge in [-0.2, -0.15) is 0 Å². The van der Waals surface area contributed by atoms with Crippen LogP contribution in [0.25, 0.3) is 0 Å². The maximum absolute atomic E-state index is 11.3. The molecule has 2 saturated heterocycles. The van der Waals surface area contributed by atoms with E-state index < -0.39 is 35.5 Å². The first-order valence-electron chi connectivity index (χ1n) is 4.21. The molecule has 4 atom stereocenters. The maximum atomic E-state index is 11.3. The number of carbonyl (C=O) groups is 3. The summed E-state index contributed by atoms with van der Waals surface area (Å²) in [6.45, 7) is 1.61. The SMILES string of the molecule is C[C@H]1NC(=O)C2(O)C(=O)O[C@@H]1C2C=O. The monoisotopic (exact) mass is 199 g/mol. The number of carbonyl (C=O) groups excluding carboxylic acids is 3. The van der Waals surface area contributed by atoms with E-state index in [1.165, 1.54) is 0 Å². The zero-order valence-corrected chi connectivity index (χ0v) is 7.39. The Balaban J connectivity index is 2.50. The zero-order valence-electron chi connectivity index (χ0n) is 7.39. The third-order valence-electron chi connectivity index (χ3n) is 2.74. The Morgan fingerprint density at radius 2 is 2.21 bits per heavy atom. The first kappa shape index (κ1) is 9.14. The maximum Gasteiger partial charge on any atom is 0.349 e. The number of fused-ring (bicyclic) bond motifs is 2. The minimum atomic E-state index is -2.32. The molecule has 2 aliphatic rings. The molecule has 0 aromatic rings. The third kappa shape index (κ3) is 0.810. The summed E-state index contributed by atoms with van der Waals surface area (Å²) >= 11 is 0. The van der Waals surface area contributed by atoms with Gasteiger partial charge in [0.2, 0.25) is 0 Å². The highest BCUT2D eigenvalue weighted by atomic mass is 16.6. The fourth-order valence-electron chi connectivity index (χ4n) is 1.89. The van der Waals surface area contributed by atoms with Crippen LogP contribution in [0.4, 0.5) is 0 Å². The van der Waals surface area contributed by atoms with Crippen LogP contribution >= 0.6 is 0 Å². The van der Waals surface area contributed by atoms with E-state index in [0.29, 0.717) is 6.29 Å². The van der Waals surface area contributed by atoms with Crippen molar-refractivity contribution in [2.24, 2.45) is 5.92 Å². The lowest BCUT2D eigenvalue weighted by molar-refractivity contribution is -0.162. The van der Waals surface area contributed by atoms with Crippen LogP contribution in [0, 0.1) is 5.92 Å². The third-order valence-corrected chi connectivity index (χ3v) is 2.74. The van der Waals surface area contributed by atoms with Crippen LogP contribution in [0.3, 0.4) is 0 Å². The molecule has 0 aromatic carbocycles. The van der Waals surface area contributed by atoms with Crippen molar-refractivity contribution in [3.63, 3.8) is 0 Å². The van der Waals surface area contributed by atoms with Crippen LogP contribution in [-0.4, -0.2) is 41.0 Å². The summed E-state index contributed by atoms with van der Waals surface area (Å²) in [4.78, 5) is 33.2. The van der Waals surface area contributed by atoms with E-state index in [4.69, 9.17) is 4.74 Å². The van der Waals surface area contributed by atoms with Gasteiger partial charge in [0, 0.05) is 0 Å². The second kappa shape index (κ2) is 2.54. The van der Waals surface area contributed by atoms with Crippen molar-refractivity contribution in [3.8, 4) is 0 Å². The van der Waals surface area contributed by atoms with Crippen LogP contribution in [0.2, 0.25) is 0 Å². The van der Waals surface area contributed by atoms with Crippen molar-refractivity contribution in [1.82, 2.24) is 5.32 Å². The number of amides is 1. The van der Waals surface area contributed by atoms with Gasteiger partial charge in [0.05, 0.1) is 6.04 Å². The topological polar surface area (TPSA) is 92.7 Å². The van der Waals surface area contributed by atoms with E-state index in [-0.39, 0.29) is 0 Å². The molecule has 2 rings (SSSR count). The molecule has 2 bridgehead atoms. The fourth-order valence-corrected chi connectivity index (χ4v) is 1.89. The summed E-state index contributed by atoms with van der Waals surface area (Å²) in [7, 11) is 0. The van der Waals surface area contributed by atoms with E-state index in [0.717, 1.165) is 0 Å². The second-order valence-corrected chi connectivity index (χ2v) is 3.56. The highest BCUT2D eigenvalue weighted by Gasteiger charge is 2.66. The quantitative estimate of drug-likeness (QED) is 0.289. The molecule has 0 aliphatic carbocycles. The average Bonchev–Trinajstić information content (AvgIpc) is 2.35. The van der Waals surface area contributed by atoms with Gasteiger partial charge in [0.25, 0.3) is 11.5 Å². The number of esters is 1. The van der Waals surface area contributed by atoms with Crippen LogP contribution < -0.4 is 5.32 Å². The van der Waals surface area contributed by atoms with Crippen LogP contribution in [0.5, 0.6) is 0 Å². The molecule has 76 valence electrons. The number of hydrogen-bond acceptors (Lipinski definition) is 5. The number of piperidine rings is 1. The van der Waals surface area contributed by atoms with E-state index in [1.807, 2.05) is 0 Å². The summed E-state index contributed by atoms with van der Waals surface area (Å²) in [5.74, 6) is -3.00. The predicted molar refractivity (Wildman–Crippen MR) is 42.0 cm³/mol. The van der Waals surface area contributed by atoms with Gasteiger partial charge in [0.15, 0.2) is 0 Å². The van der Waals surface area contributed by atoms with Crippen LogP contribution in [0.1, 0.15) is 6.92 Å². The van der Waals surface area contributed by atoms with Crippen molar-refractivity contribution >= 4 is 18.2 Å². The fraction of sp³-hybridized carbons (Fsp3) is 0.625. The molecule has 1 amide bonds. The van der Waals surface area contributed by atoms with E-state index in [9.17, 15) is 19.5 Å². The lowest BCUT2D eigenvalue weighted by atomic mass is 9.80. The molecule has 6 heteroatoms. The second-order valence-electron chi connectivity index (χ2n) is 3.56. The summed E-state index contributed by atoms with van der Waals surface area (Å²) in [5.41, 5.74) is -2.32. The van der Waals surface area contributed by atoms with Gasteiger partial charge in [-0.05, 0) is 6.92 Å². The van der Waals surface area contributed by atoms with Crippen LogP contribution in [0.15, 0.2) is 0 Å². The first-order chi connectivity index (χ1) is 6.51. The van der Waals surface area contributed by atoms with Gasteiger partial charge >= 0.3 is 5.97 Å². The van der Waals surface area contributed by atoms with Crippen molar-refractivity contribution < 1.29 is 24.2 Å². The Morgan fingerprint density at radius 3 is 2.79 bits per heavy atom. The van der Waals surface area contributed by atoms with Gasteiger partial charge in [-0.3, -0.25) is 4.79 Å². The molecule has 2 aliphatic heterocycles. The van der Waals surface area contributed by atoms with E-state index >= 15 is 0 Å². The Morgan fingerprint density at radius 1 is 1.57 bits per heavy atom. The smallest absolute Gasteiger partial charge is 0.349 e. The molecule has 2 fully saturated rings. The Bertz CT molecular complexity index is 328. The van der Waals surface area contributed by atoms with Crippen molar-refractivity contribution in [1.29, 1.82) is 0 Å². The molecule has 2 unspecified atom stereocenters. The van der Waals surface area contributed by atoms with Gasteiger partial charge in [0.1, 0.15) is 18.3 Å². The summed E-state index contributed by atoms with van der Waals surface area (Å²) in [6.07, 6.45) is -0.368. The number of ether oxygens (including phenoxy) is 1. The lowest BCUT2D eigenvalue weighted by Crippen LogP contribution is -2.63. The van der Waals surface area contributed by atoms with Gasteiger partial charge in [-0.25, -0.2) is 4.79 Å². The molecule has 0 saturated carbocycles. The van der Waals surface area contributed by atoms with Gasteiger partial charge < -0.3 is 20.0 Å². The molecule has 6 nitrogen and oxygen atoms in total.